The van der Waals surface area contributed by atoms with Crippen molar-refractivity contribution in [2.45, 2.75) is 24.8 Å². The predicted molar refractivity (Wildman–Crippen MR) is 67.0 cm³/mol. The second-order valence-electron chi connectivity index (χ2n) is 4.93. The average molecular weight is 272 g/mol. The lowest BCUT2D eigenvalue weighted by Gasteiger charge is -2.35. The van der Waals surface area contributed by atoms with Gasteiger partial charge in [0.15, 0.2) is 5.69 Å². The molecule has 0 bridgehead atoms. The van der Waals surface area contributed by atoms with Crippen LogP contribution in [0.15, 0.2) is 16.9 Å². The molecule has 3 aromatic rings. The molecule has 0 amide bonds. The Morgan fingerprint density at radius 2 is 2.20 bits per heavy atom. The molecule has 1 aliphatic rings. The van der Waals surface area contributed by atoms with Gasteiger partial charge in [0.1, 0.15) is 11.5 Å². The van der Waals surface area contributed by atoms with Crippen LogP contribution in [0.4, 0.5) is 0 Å². The molecule has 9 heteroatoms. The van der Waals surface area contributed by atoms with Crippen molar-refractivity contribution in [2.75, 3.05) is 0 Å². The van der Waals surface area contributed by atoms with Gasteiger partial charge in [-0.05, 0) is 19.3 Å². The molecule has 4 rings (SSSR count). The van der Waals surface area contributed by atoms with E-state index < -0.39 is 0 Å². The van der Waals surface area contributed by atoms with Gasteiger partial charge in [0.2, 0.25) is 5.82 Å². The van der Waals surface area contributed by atoms with Crippen molar-refractivity contribution < 1.29 is 4.52 Å². The Kier molecular flexibility index (Phi) is 2.24. The van der Waals surface area contributed by atoms with Crippen molar-refractivity contribution in [1.82, 2.24) is 35.5 Å². The van der Waals surface area contributed by atoms with Crippen LogP contribution >= 0.6 is 0 Å². The number of imidazole rings is 1. The van der Waals surface area contributed by atoms with E-state index in [0.29, 0.717) is 23.1 Å². The summed E-state index contributed by atoms with van der Waals surface area (Å²) in [6.45, 7) is 0. The Bertz CT molecular complexity index is 723. The Morgan fingerprint density at radius 3 is 2.90 bits per heavy atom. The summed E-state index contributed by atoms with van der Waals surface area (Å²) >= 11 is 0. The van der Waals surface area contributed by atoms with Gasteiger partial charge < -0.3 is 15.2 Å². The summed E-state index contributed by atoms with van der Waals surface area (Å²) in [5, 5.41) is 13.9. The van der Waals surface area contributed by atoms with Crippen LogP contribution in [0.3, 0.4) is 0 Å². The van der Waals surface area contributed by atoms with Crippen molar-refractivity contribution in [1.29, 1.82) is 0 Å². The van der Waals surface area contributed by atoms with Gasteiger partial charge in [-0.1, -0.05) is 5.16 Å². The summed E-state index contributed by atoms with van der Waals surface area (Å²) in [7, 11) is 0. The lowest BCUT2D eigenvalue weighted by molar-refractivity contribution is 0.240. The molecular weight excluding hydrogens is 260 g/mol. The topological polar surface area (TPSA) is 135 Å². The number of aromatic nitrogens is 7. The summed E-state index contributed by atoms with van der Waals surface area (Å²) in [5.74, 6) is 1.49. The molecule has 0 spiro atoms. The fourth-order valence-electron chi connectivity index (χ4n) is 2.22. The van der Waals surface area contributed by atoms with E-state index in [4.69, 9.17) is 10.3 Å². The highest BCUT2D eigenvalue weighted by molar-refractivity contribution is 5.52. The number of nitrogens with one attached hydrogen (secondary N) is 2. The summed E-state index contributed by atoms with van der Waals surface area (Å²) in [6.07, 6.45) is 6.18. The Labute approximate surface area is 113 Å². The number of hydrogen-bond donors (Lipinski definition) is 3. The molecule has 1 aliphatic carbocycles. The Morgan fingerprint density at radius 1 is 1.30 bits per heavy atom. The molecule has 0 aliphatic heterocycles. The number of aromatic amines is 2. The highest BCUT2D eigenvalue weighted by atomic mass is 16.5. The number of hydrogen-bond acceptors (Lipinski definition) is 7. The van der Waals surface area contributed by atoms with E-state index in [9.17, 15) is 0 Å². The summed E-state index contributed by atoms with van der Waals surface area (Å²) in [4.78, 5) is 11.7. The molecule has 0 atom stereocenters. The smallest absolute Gasteiger partial charge is 0.276 e. The largest absolute Gasteiger partial charge is 0.336 e. The van der Waals surface area contributed by atoms with Gasteiger partial charge in [-0.15, -0.1) is 0 Å². The first kappa shape index (κ1) is 11.3. The molecule has 0 unspecified atom stereocenters. The van der Waals surface area contributed by atoms with Crippen LogP contribution in [-0.2, 0) is 5.54 Å². The second-order valence-corrected chi connectivity index (χ2v) is 4.93. The van der Waals surface area contributed by atoms with Crippen molar-refractivity contribution in [3.05, 3.63) is 18.2 Å². The van der Waals surface area contributed by atoms with Crippen molar-refractivity contribution >= 4 is 0 Å². The number of rotatable bonds is 3. The van der Waals surface area contributed by atoms with E-state index in [1.165, 1.54) is 6.20 Å². The molecule has 3 aromatic heterocycles. The third-order valence-corrected chi connectivity index (χ3v) is 3.59. The third kappa shape index (κ3) is 1.63. The summed E-state index contributed by atoms with van der Waals surface area (Å²) < 4.78 is 5.20. The first-order valence-electron chi connectivity index (χ1n) is 6.29. The monoisotopic (exact) mass is 272 g/mol. The van der Waals surface area contributed by atoms with Gasteiger partial charge in [0.25, 0.3) is 5.89 Å². The molecule has 1 fully saturated rings. The zero-order valence-electron chi connectivity index (χ0n) is 10.5. The third-order valence-electron chi connectivity index (χ3n) is 3.59. The fraction of sp³-hybridized carbons (Fsp3) is 0.364. The molecule has 3 heterocycles. The van der Waals surface area contributed by atoms with Crippen LogP contribution in [0.2, 0.25) is 0 Å². The van der Waals surface area contributed by atoms with Crippen LogP contribution in [0.25, 0.3) is 23.1 Å². The van der Waals surface area contributed by atoms with E-state index in [-0.39, 0.29) is 5.54 Å². The quantitative estimate of drug-likeness (QED) is 0.634. The van der Waals surface area contributed by atoms with Gasteiger partial charge in [0, 0.05) is 0 Å². The van der Waals surface area contributed by atoms with Crippen LogP contribution in [-0.4, -0.2) is 35.5 Å². The maximum atomic E-state index is 6.22. The van der Waals surface area contributed by atoms with Crippen LogP contribution in [0, 0.1) is 0 Å². The van der Waals surface area contributed by atoms with E-state index in [0.717, 1.165) is 25.1 Å². The minimum Gasteiger partial charge on any atom is -0.336 e. The maximum absolute atomic E-state index is 6.22. The van der Waals surface area contributed by atoms with Crippen molar-refractivity contribution in [2.24, 2.45) is 5.73 Å². The first-order chi connectivity index (χ1) is 9.74. The van der Waals surface area contributed by atoms with Gasteiger partial charge in [0.05, 0.1) is 17.9 Å². The Balaban J connectivity index is 1.65. The van der Waals surface area contributed by atoms with Crippen molar-refractivity contribution in [3.8, 4) is 23.1 Å². The minimum absolute atomic E-state index is 0.340. The van der Waals surface area contributed by atoms with Crippen molar-refractivity contribution in [3.63, 3.8) is 0 Å². The zero-order chi connectivity index (χ0) is 13.6. The molecule has 102 valence electrons. The number of H-pyrrole nitrogens is 2. The molecular formula is C11H12N8O. The lowest BCUT2D eigenvalue weighted by Crippen LogP contribution is -2.44. The lowest BCUT2D eigenvalue weighted by atomic mass is 9.77. The minimum atomic E-state index is -0.340. The molecule has 4 N–H and O–H groups in total. The normalized spacial score (nSPS) is 17.1. The summed E-state index contributed by atoms with van der Waals surface area (Å²) in [5.41, 5.74) is 7.05. The first-order valence-corrected chi connectivity index (χ1v) is 6.29. The molecule has 0 radical (unpaired) electrons. The van der Waals surface area contributed by atoms with Crippen LogP contribution in [0.1, 0.15) is 25.1 Å². The molecule has 9 nitrogen and oxygen atoms in total. The van der Waals surface area contributed by atoms with Gasteiger partial charge in [-0.2, -0.15) is 20.4 Å². The van der Waals surface area contributed by atoms with Gasteiger partial charge in [-0.25, -0.2) is 4.98 Å². The summed E-state index contributed by atoms with van der Waals surface area (Å²) in [6, 6.07) is 0. The molecule has 0 aromatic carbocycles. The van der Waals surface area contributed by atoms with Gasteiger partial charge >= 0.3 is 0 Å². The molecule has 20 heavy (non-hydrogen) atoms. The van der Waals surface area contributed by atoms with E-state index in [1.807, 2.05) is 0 Å². The molecule has 1 saturated carbocycles. The van der Waals surface area contributed by atoms with E-state index in [2.05, 4.69) is 35.5 Å². The van der Waals surface area contributed by atoms with Crippen LogP contribution < -0.4 is 5.73 Å². The fourth-order valence-corrected chi connectivity index (χ4v) is 2.22. The predicted octanol–water partition coefficient (Wildman–Crippen LogP) is 0.583. The SMILES string of the molecule is NC1(c2ncc(-c3nc(-c4cn[nH]n4)no3)[nH]2)CCC1. The zero-order valence-corrected chi connectivity index (χ0v) is 10.5. The number of nitrogens with two attached hydrogens (primary N) is 1. The second kappa shape index (κ2) is 3.97. The highest BCUT2D eigenvalue weighted by Crippen LogP contribution is 2.37. The maximum Gasteiger partial charge on any atom is 0.276 e. The van der Waals surface area contributed by atoms with E-state index >= 15 is 0 Å². The van der Waals surface area contributed by atoms with Gasteiger partial charge in [-0.3, -0.25) is 0 Å². The highest BCUT2D eigenvalue weighted by Gasteiger charge is 2.37. The standard InChI is InChI=1S/C11H12N8O/c12-11(2-1-3-11)10-13-4-7(15-10)9-16-8(18-20-9)6-5-14-19-17-6/h4-5H,1-3,12H2,(H,13,15)(H,14,17,19). The molecule has 0 saturated heterocycles. The Hall–Kier alpha value is -2.55. The van der Waals surface area contributed by atoms with Crippen LogP contribution in [0.5, 0.6) is 0 Å². The average Bonchev–Trinajstić information content (AvgIpc) is 3.13. The van der Waals surface area contributed by atoms with E-state index in [1.54, 1.807) is 6.20 Å². The number of nitrogens with zero attached hydrogens (tertiary/aromatic N) is 5.